The molecule has 108 valence electrons. The van der Waals surface area contributed by atoms with Crippen molar-refractivity contribution in [1.29, 1.82) is 0 Å². The molecule has 0 aliphatic heterocycles. The minimum absolute atomic E-state index is 0.0309. The van der Waals surface area contributed by atoms with Crippen LogP contribution in [-0.4, -0.2) is 17.0 Å². The van der Waals surface area contributed by atoms with E-state index in [0.29, 0.717) is 26.3 Å². The average molecular weight is 369 g/mol. The fraction of sp³-hybridized carbons (Fsp3) is 0. The fourth-order valence-electron chi connectivity index (χ4n) is 1.70. The molecule has 2 rings (SSSR count). The van der Waals surface area contributed by atoms with Crippen LogP contribution in [0.2, 0.25) is 5.02 Å². The van der Waals surface area contributed by atoms with Gasteiger partial charge < -0.3 is 16.3 Å². The number of benzene rings is 2. The molecule has 4 N–H and O–H groups in total. The number of carbonyl (C=O) groups excluding carboxylic acids is 1. The highest BCUT2D eigenvalue weighted by molar-refractivity contribution is 9.10. The van der Waals surface area contributed by atoms with E-state index in [-0.39, 0.29) is 11.7 Å². The number of nitrogens with one attached hydrogen (secondary N) is 1. The standard InChI is InChI=1S/C14H11BrClN3O2/c15-10-4-9(5-11(16)7-10)14(20)18-12-3-1-2-8(6-12)13(17)19-21/h1-7,21H,(H2,17,19)(H,18,20). The summed E-state index contributed by atoms with van der Waals surface area (Å²) in [6.45, 7) is 0. The van der Waals surface area contributed by atoms with Gasteiger partial charge in [0, 0.05) is 26.3 Å². The molecule has 0 bridgehead atoms. The molecule has 1 amide bonds. The molecule has 2 aromatic carbocycles. The third-order valence-corrected chi connectivity index (χ3v) is 3.32. The van der Waals surface area contributed by atoms with Crippen molar-refractivity contribution in [3.05, 3.63) is 63.1 Å². The van der Waals surface area contributed by atoms with Crippen LogP contribution >= 0.6 is 27.5 Å². The predicted molar refractivity (Wildman–Crippen MR) is 86.1 cm³/mol. The van der Waals surface area contributed by atoms with Crippen molar-refractivity contribution in [2.24, 2.45) is 10.9 Å². The van der Waals surface area contributed by atoms with Crippen LogP contribution in [0.3, 0.4) is 0 Å². The van der Waals surface area contributed by atoms with Gasteiger partial charge >= 0.3 is 0 Å². The van der Waals surface area contributed by atoms with Crippen molar-refractivity contribution in [1.82, 2.24) is 0 Å². The number of nitrogens with zero attached hydrogens (tertiary/aromatic N) is 1. The molecule has 0 spiro atoms. The van der Waals surface area contributed by atoms with Crippen LogP contribution in [-0.2, 0) is 0 Å². The van der Waals surface area contributed by atoms with Crippen molar-refractivity contribution in [3.63, 3.8) is 0 Å². The first-order chi connectivity index (χ1) is 9.99. The Morgan fingerprint density at radius 1 is 1.24 bits per heavy atom. The van der Waals surface area contributed by atoms with Gasteiger partial charge in [-0.3, -0.25) is 4.79 Å². The first kappa shape index (κ1) is 15.3. The monoisotopic (exact) mass is 367 g/mol. The Bertz CT molecular complexity index is 699. The van der Waals surface area contributed by atoms with Gasteiger partial charge in [-0.15, -0.1) is 0 Å². The van der Waals surface area contributed by atoms with Gasteiger partial charge in [0.1, 0.15) is 0 Å². The molecule has 2 aromatic rings. The maximum atomic E-state index is 12.2. The lowest BCUT2D eigenvalue weighted by atomic mass is 10.1. The molecular formula is C14H11BrClN3O2. The minimum Gasteiger partial charge on any atom is -0.409 e. The van der Waals surface area contributed by atoms with Gasteiger partial charge in [0.25, 0.3) is 5.91 Å². The molecule has 5 nitrogen and oxygen atoms in total. The number of hydrogen-bond donors (Lipinski definition) is 3. The van der Waals surface area contributed by atoms with Crippen LogP contribution in [0.4, 0.5) is 5.69 Å². The summed E-state index contributed by atoms with van der Waals surface area (Å²) < 4.78 is 0.713. The van der Waals surface area contributed by atoms with E-state index in [0.717, 1.165) is 0 Å². The largest absolute Gasteiger partial charge is 0.409 e. The molecule has 0 fully saturated rings. The Morgan fingerprint density at radius 3 is 2.67 bits per heavy atom. The zero-order valence-electron chi connectivity index (χ0n) is 10.7. The smallest absolute Gasteiger partial charge is 0.255 e. The topological polar surface area (TPSA) is 87.7 Å². The normalized spacial score (nSPS) is 11.2. The highest BCUT2D eigenvalue weighted by Crippen LogP contribution is 2.20. The maximum Gasteiger partial charge on any atom is 0.255 e. The summed E-state index contributed by atoms with van der Waals surface area (Å²) in [6, 6.07) is 11.6. The second-order valence-corrected chi connectivity index (χ2v) is 5.53. The number of carbonyl (C=O) groups is 1. The zero-order valence-corrected chi connectivity index (χ0v) is 13.0. The second kappa shape index (κ2) is 6.60. The Labute approximate surface area is 134 Å². The number of anilines is 1. The highest BCUT2D eigenvalue weighted by Gasteiger charge is 2.09. The lowest BCUT2D eigenvalue weighted by Gasteiger charge is -2.08. The average Bonchev–Trinajstić information content (AvgIpc) is 2.45. The lowest BCUT2D eigenvalue weighted by molar-refractivity contribution is 0.102. The molecule has 0 radical (unpaired) electrons. The summed E-state index contributed by atoms with van der Waals surface area (Å²) in [5.74, 6) is -0.341. The van der Waals surface area contributed by atoms with E-state index in [1.54, 1.807) is 42.5 Å². The third kappa shape index (κ3) is 3.96. The number of halogens is 2. The van der Waals surface area contributed by atoms with Crippen LogP contribution in [0.25, 0.3) is 0 Å². The summed E-state index contributed by atoms with van der Waals surface area (Å²) in [7, 11) is 0. The molecule has 0 aromatic heterocycles. The van der Waals surface area contributed by atoms with E-state index in [1.807, 2.05) is 0 Å². The van der Waals surface area contributed by atoms with E-state index in [1.165, 1.54) is 0 Å². The predicted octanol–water partition coefficient (Wildman–Crippen LogP) is 3.45. The van der Waals surface area contributed by atoms with Gasteiger partial charge in [-0.2, -0.15) is 0 Å². The molecule has 0 unspecified atom stereocenters. The summed E-state index contributed by atoms with van der Waals surface area (Å²) in [5, 5.41) is 14.8. The van der Waals surface area contributed by atoms with Crippen LogP contribution in [0.15, 0.2) is 52.1 Å². The van der Waals surface area contributed by atoms with Crippen LogP contribution in [0, 0.1) is 0 Å². The van der Waals surface area contributed by atoms with Gasteiger partial charge in [-0.25, -0.2) is 0 Å². The molecule has 0 atom stereocenters. The van der Waals surface area contributed by atoms with Gasteiger partial charge in [0.2, 0.25) is 0 Å². The lowest BCUT2D eigenvalue weighted by Crippen LogP contribution is -2.15. The van der Waals surface area contributed by atoms with Crippen molar-refractivity contribution >= 4 is 45.0 Å². The Hall–Kier alpha value is -2.05. The summed E-state index contributed by atoms with van der Waals surface area (Å²) in [5.41, 5.74) is 6.96. The van der Waals surface area contributed by atoms with Crippen LogP contribution in [0.1, 0.15) is 15.9 Å². The summed E-state index contributed by atoms with van der Waals surface area (Å²) >= 11 is 9.19. The number of oxime groups is 1. The molecule has 0 heterocycles. The second-order valence-electron chi connectivity index (χ2n) is 4.18. The first-order valence-corrected chi connectivity index (χ1v) is 7.02. The number of rotatable bonds is 3. The van der Waals surface area contributed by atoms with Crippen molar-refractivity contribution in [2.75, 3.05) is 5.32 Å². The molecule has 0 aliphatic carbocycles. The quantitative estimate of drug-likeness (QED) is 0.335. The first-order valence-electron chi connectivity index (χ1n) is 5.85. The summed E-state index contributed by atoms with van der Waals surface area (Å²) in [4.78, 5) is 12.2. The SMILES string of the molecule is N/C(=N/O)c1cccc(NC(=O)c2cc(Cl)cc(Br)c2)c1. The molecular weight excluding hydrogens is 358 g/mol. The van der Waals surface area contributed by atoms with Gasteiger partial charge in [0.05, 0.1) is 0 Å². The molecule has 7 heteroatoms. The molecule has 21 heavy (non-hydrogen) atoms. The fourth-order valence-corrected chi connectivity index (χ4v) is 2.56. The third-order valence-electron chi connectivity index (χ3n) is 2.65. The van der Waals surface area contributed by atoms with E-state index >= 15 is 0 Å². The zero-order chi connectivity index (χ0) is 15.4. The maximum absolute atomic E-state index is 12.2. The number of amidine groups is 1. The van der Waals surface area contributed by atoms with Crippen LogP contribution in [0.5, 0.6) is 0 Å². The Balaban J connectivity index is 2.23. The van der Waals surface area contributed by atoms with Gasteiger partial charge in [0.15, 0.2) is 5.84 Å². The Kier molecular flexibility index (Phi) is 4.82. The summed E-state index contributed by atoms with van der Waals surface area (Å²) in [6.07, 6.45) is 0. The highest BCUT2D eigenvalue weighted by atomic mass is 79.9. The van der Waals surface area contributed by atoms with Gasteiger partial charge in [-0.1, -0.05) is 44.8 Å². The van der Waals surface area contributed by atoms with E-state index in [9.17, 15) is 4.79 Å². The molecule has 0 saturated heterocycles. The minimum atomic E-state index is -0.310. The van der Waals surface area contributed by atoms with E-state index < -0.39 is 0 Å². The van der Waals surface area contributed by atoms with E-state index in [4.69, 9.17) is 22.5 Å². The number of hydrogen-bond acceptors (Lipinski definition) is 3. The van der Waals surface area contributed by atoms with Crippen LogP contribution < -0.4 is 11.1 Å². The van der Waals surface area contributed by atoms with Crippen molar-refractivity contribution in [2.45, 2.75) is 0 Å². The Morgan fingerprint density at radius 2 is 2.00 bits per heavy atom. The number of nitrogens with two attached hydrogens (primary N) is 1. The van der Waals surface area contributed by atoms with Crippen molar-refractivity contribution < 1.29 is 10.0 Å². The van der Waals surface area contributed by atoms with E-state index in [2.05, 4.69) is 26.4 Å². The number of amides is 1. The van der Waals surface area contributed by atoms with Crippen molar-refractivity contribution in [3.8, 4) is 0 Å². The molecule has 0 saturated carbocycles. The van der Waals surface area contributed by atoms with Gasteiger partial charge in [-0.05, 0) is 30.3 Å². The molecule has 0 aliphatic rings.